The summed E-state index contributed by atoms with van der Waals surface area (Å²) in [5, 5.41) is 5.35. The van der Waals surface area contributed by atoms with E-state index in [9.17, 15) is 0 Å². The predicted octanol–water partition coefficient (Wildman–Crippen LogP) is 2.58. The highest BCUT2D eigenvalue weighted by Gasteiger charge is 2.19. The van der Waals surface area contributed by atoms with Gasteiger partial charge in [0.05, 0.1) is 0 Å². The molecule has 1 N–H and O–H groups in total. The van der Waals surface area contributed by atoms with Gasteiger partial charge in [0.1, 0.15) is 0 Å². The average Bonchev–Trinajstić information content (AvgIpc) is 2.78. The Morgan fingerprint density at radius 3 is 3.24 bits per heavy atom. The molecule has 2 rings (SSSR count). The monoisotopic (exact) mass is 271 g/mol. The van der Waals surface area contributed by atoms with E-state index in [1.807, 2.05) is 17.5 Å². The maximum atomic E-state index is 4.55. The Morgan fingerprint density at radius 2 is 2.47 bits per heavy atom. The van der Waals surface area contributed by atoms with Crippen LogP contribution >= 0.6 is 23.1 Å². The van der Waals surface area contributed by atoms with Crippen LogP contribution in [0.15, 0.2) is 6.20 Å². The van der Waals surface area contributed by atoms with Crippen LogP contribution in [0.1, 0.15) is 25.1 Å². The van der Waals surface area contributed by atoms with E-state index in [-0.39, 0.29) is 0 Å². The molecule has 1 aliphatic rings. The van der Waals surface area contributed by atoms with Crippen molar-refractivity contribution in [2.24, 2.45) is 0 Å². The third kappa shape index (κ3) is 3.86. The van der Waals surface area contributed by atoms with Gasteiger partial charge in [0.25, 0.3) is 0 Å². The Morgan fingerprint density at radius 1 is 1.59 bits per heavy atom. The lowest BCUT2D eigenvalue weighted by atomic mass is 10.4. The lowest BCUT2D eigenvalue weighted by Gasteiger charge is -2.30. The van der Waals surface area contributed by atoms with E-state index in [0.29, 0.717) is 0 Å². The van der Waals surface area contributed by atoms with Gasteiger partial charge in [-0.05, 0) is 13.0 Å². The van der Waals surface area contributed by atoms with Crippen LogP contribution in [0.3, 0.4) is 0 Å². The van der Waals surface area contributed by atoms with Crippen molar-refractivity contribution in [2.75, 3.05) is 30.3 Å². The summed E-state index contributed by atoms with van der Waals surface area (Å²) in [4.78, 5) is 8.32. The molecule has 0 spiro atoms. The van der Waals surface area contributed by atoms with Crippen LogP contribution in [0, 0.1) is 0 Å². The van der Waals surface area contributed by atoms with Gasteiger partial charge < -0.3 is 10.2 Å². The number of nitrogens with one attached hydrogen (secondary N) is 1. The summed E-state index contributed by atoms with van der Waals surface area (Å²) < 4.78 is 0. The molecule has 1 fully saturated rings. The van der Waals surface area contributed by atoms with Crippen LogP contribution in [0.25, 0.3) is 0 Å². The summed E-state index contributed by atoms with van der Waals surface area (Å²) in [6.45, 7) is 8.82. The van der Waals surface area contributed by atoms with E-state index in [4.69, 9.17) is 0 Å². The van der Waals surface area contributed by atoms with Gasteiger partial charge in [0.2, 0.25) is 0 Å². The van der Waals surface area contributed by atoms with Gasteiger partial charge in [-0.3, -0.25) is 0 Å². The minimum absolute atomic E-state index is 0.731. The fraction of sp³-hybridized carbons (Fsp3) is 0.750. The molecule has 1 aromatic rings. The van der Waals surface area contributed by atoms with E-state index in [0.717, 1.165) is 31.4 Å². The van der Waals surface area contributed by atoms with E-state index in [1.54, 1.807) is 0 Å². The van der Waals surface area contributed by atoms with Crippen molar-refractivity contribution in [3.63, 3.8) is 0 Å². The van der Waals surface area contributed by atoms with Crippen LogP contribution in [0.2, 0.25) is 0 Å². The van der Waals surface area contributed by atoms with Gasteiger partial charge in [0, 0.05) is 41.7 Å². The SMILES string of the molecule is CCCNCc1cnc(N2CCSC(C)C2)s1. The van der Waals surface area contributed by atoms with Crippen molar-refractivity contribution < 1.29 is 0 Å². The van der Waals surface area contributed by atoms with E-state index in [2.05, 4.69) is 40.8 Å². The summed E-state index contributed by atoms with van der Waals surface area (Å²) in [6.07, 6.45) is 3.21. The minimum Gasteiger partial charge on any atom is -0.346 e. The highest BCUT2D eigenvalue weighted by molar-refractivity contribution is 8.00. The third-order valence-corrected chi connectivity index (χ3v) is 4.97. The van der Waals surface area contributed by atoms with Gasteiger partial charge in [0.15, 0.2) is 5.13 Å². The summed E-state index contributed by atoms with van der Waals surface area (Å²) in [6, 6.07) is 0. The second-order valence-corrected chi connectivity index (χ2v) is 7.05. The Balaban J connectivity index is 1.88. The Hall–Kier alpha value is -0.260. The van der Waals surface area contributed by atoms with Crippen LogP contribution in [-0.2, 0) is 6.54 Å². The standard InChI is InChI=1S/C12H21N3S2/c1-3-4-13-7-11-8-14-12(17-11)15-5-6-16-10(2)9-15/h8,10,13H,3-7,9H2,1-2H3. The smallest absolute Gasteiger partial charge is 0.185 e. The molecule has 0 saturated carbocycles. The molecule has 1 atom stereocenters. The van der Waals surface area contributed by atoms with Crippen molar-refractivity contribution in [1.82, 2.24) is 10.3 Å². The molecule has 0 aromatic carbocycles. The predicted molar refractivity (Wildman–Crippen MR) is 78.2 cm³/mol. The van der Waals surface area contributed by atoms with Crippen LogP contribution in [-0.4, -0.2) is 35.6 Å². The fourth-order valence-corrected chi connectivity index (χ4v) is 3.83. The molecule has 1 unspecified atom stereocenters. The topological polar surface area (TPSA) is 28.2 Å². The third-order valence-electron chi connectivity index (χ3n) is 2.78. The average molecular weight is 271 g/mol. The summed E-state index contributed by atoms with van der Waals surface area (Å²) >= 11 is 3.90. The molecule has 1 aliphatic heterocycles. The molecule has 1 saturated heterocycles. The number of rotatable bonds is 5. The van der Waals surface area contributed by atoms with Crippen LogP contribution in [0.4, 0.5) is 5.13 Å². The lowest BCUT2D eigenvalue weighted by Crippen LogP contribution is -2.36. The maximum absolute atomic E-state index is 4.55. The largest absolute Gasteiger partial charge is 0.346 e. The molecule has 0 aliphatic carbocycles. The Bertz CT molecular complexity index is 340. The van der Waals surface area contributed by atoms with E-state index in [1.165, 1.54) is 22.2 Å². The first-order chi connectivity index (χ1) is 8.29. The first kappa shape index (κ1) is 13.2. The number of hydrogen-bond donors (Lipinski definition) is 1. The number of nitrogens with zero attached hydrogens (tertiary/aromatic N) is 2. The molecule has 17 heavy (non-hydrogen) atoms. The Labute approximate surface area is 112 Å². The van der Waals surface area contributed by atoms with Crippen molar-refractivity contribution in [1.29, 1.82) is 0 Å². The van der Waals surface area contributed by atoms with Crippen molar-refractivity contribution in [3.8, 4) is 0 Å². The van der Waals surface area contributed by atoms with E-state index >= 15 is 0 Å². The highest BCUT2D eigenvalue weighted by Crippen LogP contribution is 2.27. The molecule has 96 valence electrons. The highest BCUT2D eigenvalue weighted by atomic mass is 32.2. The second-order valence-electron chi connectivity index (χ2n) is 4.41. The molecule has 0 amide bonds. The number of hydrogen-bond acceptors (Lipinski definition) is 5. The number of aromatic nitrogens is 1. The zero-order chi connectivity index (χ0) is 12.1. The van der Waals surface area contributed by atoms with Gasteiger partial charge in [-0.1, -0.05) is 13.8 Å². The number of thiazole rings is 1. The molecule has 5 heteroatoms. The summed E-state index contributed by atoms with van der Waals surface area (Å²) in [7, 11) is 0. The molecule has 3 nitrogen and oxygen atoms in total. The summed E-state index contributed by atoms with van der Waals surface area (Å²) in [5.74, 6) is 1.23. The van der Waals surface area contributed by atoms with Crippen molar-refractivity contribution >= 4 is 28.2 Å². The number of thioether (sulfide) groups is 1. The molecule has 2 heterocycles. The van der Waals surface area contributed by atoms with Crippen LogP contribution < -0.4 is 10.2 Å². The number of anilines is 1. The molecule has 1 aromatic heterocycles. The van der Waals surface area contributed by atoms with Gasteiger partial charge >= 0.3 is 0 Å². The molecule has 0 bridgehead atoms. The van der Waals surface area contributed by atoms with Gasteiger partial charge in [-0.2, -0.15) is 11.8 Å². The maximum Gasteiger partial charge on any atom is 0.185 e. The van der Waals surface area contributed by atoms with Crippen molar-refractivity contribution in [2.45, 2.75) is 32.1 Å². The van der Waals surface area contributed by atoms with Crippen LogP contribution in [0.5, 0.6) is 0 Å². The molecular weight excluding hydrogens is 250 g/mol. The van der Waals surface area contributed by atoms with E-state index < -0.39 is 0 Å². The molecular formula is C12H21N3S2. The van der Waals surface area contributed by atoms with Crippen molar-refractivity contribution in [3.05, 3.63) is 11.1 Å². The zero-order valence-corrected chi connectivity index (χ0v) is 12.2. The Kier molecular flexibility index (Phi) is 5.13. The first-order valence-corrected chi connectivity index (χ1v) is 8.18. The second kappa shape index (κ2) is 6.61. The van der Waals surface area contributed by atoms with Gasteiger partial charge in [-0.25, -0.2) is 4.98 Å². The zero-order valence-electron chi connectivity index (χ0n) is 10.6. The van der Waals surface area contributed by atoms with Gasteiger partial charge in [-0.15, -0.1) is 11.3 Å². The lowest BCUT2D eigenvalue weighted by molar-refractivity contribution is 0.681. The first-order valence-electron chi connectivity index (χ1n) is 6.31. The summed E-state index contributed by atoms with van der Waals surface area (Å²) in [5.41, 5.74) is 0. The molecule has 0 radical (unpaired) electrons. The fourth-order valence-electron chi connectivity index (χ4n) is 1.91. The minimum atomic E-state index is 0.731. The normalized spacial score (nSPS) is 20.8. The quantitative estimate of drug-likeness (QED) is 0.833.